The summed E-state index contributed by atoms with van der Waals surface area (Å²) in [5.41, 5.74) is 41.5. The van der Waals surface area contributed by atoms with Crippen molar-refractivity contribution in [1.29, 1.82) is 5.41 Å². The van der Waals surface area contributed by atoms with Gasteiger partial charge in [-0.3, -0.25) is 86.9 Å². The Morgan fingerprint density at radius 1 is 0.429 bits per heavy atom. The second-order valence-corrected chi connectivity index (χ2v) is 34.3. The second kappa shape index (κ2) is 54.2. The number of carbonyl (C=O) groups is 17. The number of rotatable bonds is 30. The zero-order valence-corrected chi connectivity index (χ0v) is 74.0. The summed E-state index contributed by atoms with van der Waals surface area (Å²) in [5.74, 6) is -19.4. The van der Waals surface area contributed by atoms with Gasteiger partial charge in [-0.25, -0.2) is 0 Å². The van der Waals surface area contributed by atoms with E-state index in [-0.39, 0.29) is 108 Å². The third kappa shape index (κ3) is 35.3. The highest BCUT2D eigenvalue weighted by Gasteiger charge is 2.40. The van der Waals surface area contributed by atoms with Crippen LogP contribution >= 0.6 is 21.6 Å². The predicted molar refractivity (Wildman–Crippen MR) is 478 cm³/mol. The number of primary amides is 3. The van der Waals surface area contributed by atoms with Crippen LogP contribution in [0.1, 0.15) is 149 Å². The minimum Gasteiger partial charge on any atom is -0.370 e. The van der Waals surface area contributed by atoms with Gasteiger partial charge in [-0.1, -0.05) is 154 Å². The van der Waals surface area contributed by atoms with Crippen molar-refractivity contribution < 1.29 is 81.5 Å². The molecular weight excluding hydrogens is 1670 g/mol. The maximum atomic E-state index is 15.2. The molecule has 14 atom stereocenters. The molecule has 1 saturated heterocycles. The number of unbranched alkanes of at least 4 members (excludes halogenated alkanes) is 2. The van der Waals surface area contributed by atoms with E-state index in [1.165, 1.54) is 0 Å². The van der Waals surface area contributed by atoms with Gasteiger partial charge in [-0.2, -0.15) is 0 Å². The molecule has 1 aliphatic heterocycles. The van der Waals surface area contributed by atoms with Crippen LogP contribution in [0.3, 0.4) is 0 Å². The summed E-state index contributed by atoms with van der Waals surface area (Å²) >= 11 is 0. The zero-order valence-electron chi connectivity index (χ0n) is 72.4. The van der Waals surface area contributed by atoms with Crippen LogP contribution in [0.25, 0.3) is 21.5 Å². The van der Waals surface area contributed by atoms with Crippen LogP contribution in [0.2, 0.25) is 0 Å². The number of hydrogen-bond donors (Lipinski definition) is 23. The molecule has 40 nitrogen and oxygen atoms in total. The first-order chi connectivity index (χ1) is 59.9. The van der Waals surface area contributed by atoms with Crippen molar-refractivity contribution in [1.82, 2.24) is 79.8 Å². The first-order valence-electron chi connectivity index (χ1n) is 42.3. The Morgan fingerprint density at radius 2 is 0.825 bits per heavy atom. The highest BCUT2D eigenvalue weighted by molar-refractivity contribution is 8.76. The molecule has 0 aliphatic carbocycles. The molecule has 1 heterocycles. The van der Waals surface area contributed by atoms with Gasteiger partial charge in [-0.15, -0.1) is 0 Å². The second-order valence-electron chi connectivity index (χ2n) is 31.7. The fourth-order valence-corrected chi connectivity index (χ4v) is 16.1. The molecule has 0 bridgehead atoms. The van der Waals surface area contributed by atoms with Gasteiger partial charge < -0.3 is 120 Å². The molecule has 4 aromatic rings. The number of nitrogens with two attached hydrogens (primary N) is 7. The molecule has 0 radical (unpaired) electrons. The van der Waals surface area contributed by atoms with Crippen LogP contribution in [0.5, 0.6) is 0 Å². The van der Waals surface area contributed by atoms with Gasteiger partial charge in [0.1, 0.15) is 78.5 Å². The van der Waals surface area contributed by atoms with E-state index in [1.807, 2.05) is 24.3 Å². The Bertz CT molecular complexity index is 4440. The first-order valence-corrected chi connectivity index (χ1v) is 44.8. The number of amides is 17. The van der Waals surface area contributed by atoms with E-state index in [0.29, 0.717) is 34.7 Å². The quantitative estimate of drug-likeness (QED) is 0.0106. The Balaban J connectivity index is 1.64. The molecule has 0 spiro atoms. The molecule has 1 fully saturated rings. The summed E-state index contributed by atoms with van der Waals surface area (Å²) in [6.45, 7) is 10.3. The molecule has 0 unspecified atom stereocenters. The lowest BCUT2D eigenvalue weighted by molar-refractivity contribution is -0.137. The van der Waals surface area contributed by atoms with Gasteiger partial charge in [0.25, 0.3) is 0 Å². The highest BCUT2D eigenvalue weighted by atomic mass is 33.1. The van der Waals surface area contributed by atoms with Crippen molar-refractivity contribution in [3.05, 3.63) is 96.1 Å². The molecule has 30 N–H and O–H groups in total. The largest absolute Gasteiger partial charge is 0.370 e. The Morgan fingerprint density at radius 3 is 1.29 bits per heavy atom. The van der Waals surface area contributed by atoms with Crippen LogP contribution in [0.15, 0.2) is 84.9 Å². The van der Waals surface area contributed by atoms with Crippen molar-refractivity contribution in [3.63, 3.8) is 0 Å². The summed E-state index contributed by atoms with van der Waals surface area (Å²) < 4.78 is 0. The number of hydrogen-bond acceptors (Lipinski definition) is 23. The number of nitrogens with one attached hydrogen (secondary N) is 16. The Labute approximate surface area is 740 Å². The fourth-order valence-electron chi connectivity index (χ4n) is 13.7. The molecule has 0 saturated carbocycles. The van der Waals surface area contributed by atoms with Crippen LogP contribution in [0, 0.1) is 23.2 Å². The van der Waals surface area contributed by atoms with E-state index in [2.05, 4.69) is 79.8 Å². The van der Waals surface area contributed by atoms with Gasteiger partial charge in [0.2, 0.25) is 100 Å². The van der Waals surface area contributed by atoms with E-state index in [9.17, 15) is 67.1 Å². The third-order valence-corrected chi connectivity index (χ3v) is 23.4. The summed E-state index contributed by atoms with van der Waals surface area (Å²) in [6, 6.07) is 5.17. The summed E-state index contributed by atoms with van der Waals surface area (Å²) in [4.78, 5) is 243. The average molecular weight is 1800 g/mol. The highest BCUT2D eigenvalue weighted by Crippen LogP contribution is 2.26. The van der Waals surface area contributed by atoms with Crippen LogP contribution in [-0.2, 0) is 94.3 Å². The Kier molecular flexibility index (Phi) is 45.1. The number of fused-ring (bicyclic) bond motifs is 2. The predicted octanol–water partition coefficient (Wildman–Crippen LogP) is -3.14. The summed E-state index contributed by atoms with van der Waals surface area (Å²) in [6.07, 6.45) is -1.10. The van der Waals surface area contributed by atoms with Gasteiger partial charge >= 0.3 is 0 Å². The number of carbonyl (C=O) groups excluding carboxylic acids is 17. The number of guanidine groups is 1. The van der Waals surface area contributed by atoms with E-state index in [4.69, 9.17) is 45.5 Å². The SMILES string of the molecule is CC[C@H](C)[C@H]1NC(=O)[C@H](Cc2cccc3ccccc23)NC(=O)[C@H](CCCN)NC(=O)CNC(=O)[C@H](CC(N)=O)NC(=O)[C@H](C(C)C)NC(=O)[C@H](CCCCN)NC(=O)[C@H](C(C)C)NC(=O)[C@H](Cc2cccc3ccccc23)NC(=O)[C@H](CCCNC(=N)N)NC(=O)[C@@H](NC(C)=O)CSSC[C@@H](C(N)=O)NC(=O)[C@H](CCC(N)=O)NC(=O)[C@H](CCCCN)NC1=O. The molecule has 42 heteroatoms. The lowest BCUT2D eigenvalue weighted by Crippen LogP contribution is -2.62. The molecule has 692 valence electrons. The van der Waals surface area contributed by atoms with E-state index in [0.717, 1.165) is 39.3 Å². The standard InChI is InChI=1S/C84H127N23O17S2/c1-8-47(6)70-83(124)100-56(29-13-15-35-85)74(115)98-59(33-34-65(88)109)76(117)104-63(71(90)112)43-125-126-44-64(95-48(7)108)80(121)97-58(32-20-38-93-84(91)92)75(116)102-60(39-51-25-17-23-49-21-9-11-27-53(49)51)78(119)106-68(45(2)3)81(122)99-57(30-14-16-36-86)77(118)105-69(46(4)5)82(123)103-62(41-66(89)110)72(113)94-42-67(111)96-55(31-19-37-87)73(114)101-61(79(120)107-70)40-52-26-18-24-50-22-10-12-28-54(50)52/h9-12,17-18,21-28,45-47,55-64,68-70H,8,13-16,19-20,29-44,85-87H2,1-7H3,(H2,88,109)(H2,89,110)(H2,90,112)(H,94,113)(H,95,108)(H,96,111)(H,97,121)(H,98,115)(H,99,122)(H,100,124)(H,101,114)(H,102,116)(H,103,123)(H,104,117)(H,105,118)(H,106,119)(H,107,120)(H4,91,92,93)/t47-,55-,56-,57-,58-,59-,60-,61-,62-,63-,64-,68-,69-,70+/m0/s1. The molecule has 4 aromatic carbocycles. The molecule has 0 aromatic heterocycles. The molecule has 5 rings (SSSR count). The molecule has 1 aliphatic rings. The topological polar surface area (TPSA) is 677 Å². The van der Waals surface area contributed by atoms with Crippen LogP contribution < -0.4 is 120 Å². The maximum Gasteiger partial charge on any atom is 0.244 e. The first kappa shape index (κ1) is 105. The summed E-state index contributed by atoms with van der Waals surface area (Å²) in [5, 5.41) is 50.2. The van der Waals surface area contributed by atoms with Crippen LogP contribution in [-0.4, -0.2) is 229 Å². The van der Waals surface area contributed by atoms with Gasteiger partial charge in [0.15, 0.2) is 5.96 Å². The van der Waals surface area contributed by atoms with Gasteiger partial charge in [-0.05, 0) is 141 Å². The number of benzene rings is 4. The maximum absolute atomic E-state index is 15.2. The van der Waals surface area contributed by atoms with E-state index in [1.54, 1.807) is 102 Å². The molecular formula is C84H127N23O17S2. The van der Waals surface area contributed by atoms with Crippen molar-refractivity contribution in [2.45, 2.75) is 230 Å². The third-order valence-electron chi connectivity index (χ3n) is 21.0. The Hall–Kier alpha value is -11.8. The van der Waals surface area contributed by atoms with Gasteiger partial charge in [0.05, 0.1) is 13.0 Å². The van der Waals surface area contributed by atoms with E-state index >= 15 is 14.4 Å². The van der Waals surface area contributed by atoms with Crippen molar-refractivity contribution >= 4 is 150 Å². The normalized spacial score (nSPS) is 23.4. The lowest BCUT2D eigenvalue weighted by atomic mass is 9.95. The summed E-state index contributed by atoms with van der Waals surface area (Å²) in [7, 11) is 1.82. The smallest absolute Gasteiger partial charge is 0.244 e. The molecule has 17 amide bonds. The molecule has 126 heavy (non-hydrogen) atoms. The minimum atomic E-state index is -1.80. The minimum absolute atomic E-state index is 0.00906. The van der Waals surface area contributed by atoms with Crippen molar-refractivity contribution in [3.8, 4) is 0 Å². The van der Waals surface area contributed by atoms with Gasteiger partial charge in [0, 0.05) is 44.2 Å². The fraction of sp³-hybridized carbons (Fsp3) is 0.548. The monoisotopic (exact) mass is 1790 g/mol. The zero-order chi connectivity index (χ0) is 93.3. The van der Waals surface area contributed by atoms with Crippen LogP contribution in [0.4, 0.5) is 0 Å². The lowest BCUT2D eigenvalue weighted by Gasteiger charge is -2.30. The van der Waals surface area contributed by atoms with Crippen molar-refractivity contribution in [2.24, 2.45) is 57.9 Å². The average Bonchev–Trinajstić information content (AvgIpc) is 0.787. The van der Waals surface area contributed by atoms with E-state index < -0.39 is 228 Å². The van der Waals surface area contributed by atoms with Crippen molar-refractivity contribution in [2.75, 3.05) is 44.2 Å².